The molecule has 0 fully saturated rings. The van der Waals surface area contributed by atoms with Crippen molar-refractivity contribution in [2.45, 2.75) is 6.54 Å². The molecule has 0 aromatic heterocycles. The number of rotatable bonds is 3. The van der Waals surface area contributed by atoms with Crippen molar-refractivity contribution < 1.29 is 14.8 Å². The van der Waals surface area contributed by atoms with Crippen LogP contribution < -0.4 is 14.8 Å². The summed E-state index contributed by atoms with van der Waals surface area (Å²) in [5.41, 5.74) is 2.28. The molecule has 0 amide bonds. The van der Waals surface area contributed by atoms with Crippen molar-refractivity contribution in [3.8, 4) is 23.3 Å². The number of quaternary nitrogens is 1. The van der Waals surface area contributed by atoms with Crippen LogP contribution in [0.25, 0.3) is 0 Å². The Labute approximate surface area is 118 Å². The Morgan fingerprint density at radius 1 is 1.00 bits per heavy atom. The number of hydrogen-bond acceptors (Lipinski definition) is 2. The first-order valence-electron chi connectivity index (χ1n) is 6.66. The summed E-state index contributed by atoms with van der Waals surface area (Å²) >= 11 is 0. The van der Waals surface area contributed by atoms with Crippen LogP contribution in [0.15, 0.2) is 48.5 Å². The third-order valence-electron chi connectivity index (χ3n) is 3.07. The van der Waals surface area contributed by atoms with Crippen LogP contribution in [0.2, 0.25) is 0 Å². The normalized spacial score (nSPS) is 11.8. The molecule has 2 aromatic carbocycles. The van der Waals surface area contributed by atoms with Crippen LogP contribution in [0, 0.1) is 11.8 Å². The number of fused-ring (bicyclic) bond motifs is 1. The highest BCUT2D eigenvalue weighted by molar-refractivity contribution is 5.44. The summed E-state index contributed by atoms with van der Waals surface area (Å²) in [5.74, 6) is 7.98. The van der Waals surface area contributed by atoms with Gasteiger partial charge in [0.1, 0.15) is 13.1 Å². The Kier molecular flexibility index (Phi) is 3.86. The van der Waals surface area contributed by atoms with Gasteiger partial charge in [0, 0.05) is 11.1 Å². The molecule has 1 aliphatic rings. The molecule has 3 nitrogen and oxygen atoms in total. The smallest absolute Gasteiger partial charge is 0.231 e. The summed E-state index contributed by atoms with van der Waals surface area (Å²) in [6, 6.07) is 16.1. The minimum Gasteiger partial charge on any atom is -0.454 e. The second kappa shape index (κ2) is 6.14. The Morgan fingerprint density at radius 3 is 2.75 bits per heavy atom. The Bertz CT molecular complexity index is 641. The van der Waals surface area contributed by atoms with Crippen molar-refractivity contribution >= 4 is 0 Å². The third-order valence-corrected chi connectivity index (χ3v) is 3.07. The zero-order chi connectivity index (χ0) is 13.6. The molecule has 0 bridgehead atoms. The number of hydrogen-bond donors (Lipinski definition) is 1. The van der Waals surface area contributed by atoms with Gasteiger partial charge in [0.2, 0.25) is 6.79 Å². The van der Waals surface area contributed by atoms with Gasteiger partial charge in [-0.05, 0) is 36.3 Å². The SMILES string of the molecule is C(#Cc1ccccc1)C[NH2+]Cc1ccc2c(c1)OCO2. The first-order chi connectivity index (χ1) is 9.92. The molecule has 0 radical (unpaired) electrons. The summed E-state index contributed by atoms with van der Waals surface area (Å²) in [4.78, 5) is 0. The lowest BCUT2D eigenvalue weighted by Crippen LogP contribution is -2.82. The van der Waals surface area contributed by atoms with E-state index in [-0.39, 0.29) is 0 Å². The van der Waals surface area contributed by atoms with Gasteiger partial charge in [-0.2, -0.15) is 0 Å². The summed E-state index contributed by atoms with van der Waals surface area (Å²) in [7, 11) is 0. The molecule has 1 aliphatic heterocycles. The number of benzene rings is 2. The molecule has 20 heavy (non-hydrogen) atoms. The summed E-state index contributed by atoms with van der Waals surface area (Å²) in [5, 5.41) is 2.17. The first-order valence-corrected chi connectivity index (χ1v) is 6.66. The Hall–Kier alpha value is -2.44. The van der Waals surface area contributed by atoms with Crippen molar-refractivity contribution in [2.24, 2.45) is 0 Å². The second-order valence-electron chi connectivity index (χ2n) is 4.55. The van der Waals surface area contributed by atoms with E-state index in [0.717, 1.165) is 30.2 Å². The van der Waals surface area contributed by atoms with Crippen molar-refractivity contribution in [3.05, 3.63) is 59.7 Å². The fraction of sp³-hybridized carbons (Fsp3) is 0.176. The molecule has 0 unspecified atom stereocenters. The molecule has 1 heterocycles. The van der Waals surface area contributed by atoms with E-state index in [1.54, 1.807) is 0 Å². The molecule has 0 spiro atoms. The zero-order valence-electron chi connectivity index (χ0n) is 11.1. The fourth-order valence-corrected chi connectivity index (χ4v) is 2.05. The highest BCUT2D eigenvalue weighted by Gasteiger charge is 2.13. The van der Waals surface area contributed by atoms with Crippen molar-refractivity contribution in [1.82, 2.24) is 0 Å². The van der Waals surface area contributed by atoms with Gasteiger partial charge >= 0.3 is 0 Å². The van der Waals surface area contributed by atoms with E-state index in [1.165, 1.54) is 5.56 Å². The molecule has 0 saturated carbocycles. The molecule has 2 aromatic rings. The summed E-state index contributed by atoms with van der Waals surface area (Å²) in [6.45, 7) is 1.99. The van der Waals surface area contributed by atoms with Crippen LogP contribution >= 0.6 is 0 Å². The predicted octanol–water partition coefficient (Wildman–Crippen LogP) is 1.53. The lowest BCUT2D eigenvalue weighted by molar-refractivity contribution is -0.660. The third kappa shape index (κ3) is 3.11. The minimum atomic E-state index is 0.324. The van der Waals surface area contributed by atoms with E-state index in [9.17, 15) is 0 Å². The molecule has 0 aliphatic carbocycles. The predicted molar refractivity (Wildman–Crippen MR) is 76.4 cm³/mol. The van der Waals surface area contributed by atoms with Gasteiger partial charge in [0.15, 0.2) is 11.5 Å². The molecule has 0 saturated heterocycles. The van der Waals surface area contributed by atoms with Crippen molar-refractivity contribution in [2.75, 3.05) is 13.3 Å². The highest BCUT2D eigenvalue weighted by atomic mass is 16.7. The molecular formula is C17H16NO2+. The summed E-state index contributed by atoms with van der Waals surface area (Å²) in [6.07, 6.45) is 0. The van der Waals surface area contributed by atoms with Gasteiger partial charge in [-0.25, -0.2) is 0 Å². The monoisotopic (exact) mass is 266 g/mol. The average molecular weight is 266 g/mol. The van der Waals surface area contributed by atoms with E-state index in [1.807, 2.05) is 42.5 Å². The van der Waals surface area contributed by atoms with Gasteiger partial charge in [-0.1, -0.05) is 24.1 Å². The van der Waals surface area contributed by atoms with Gasteiger partial charge in [0.05, 0.1) is 0 Å². The first kappa shape index (κ1) is 12.6. The average Bonchev–Trinajstić information content (AvgIpc) is 2.95. The van der Waals surface area contributed by atoms with E-state index >= 15 is 0 Å². The molecular weight excluding hydrogens is 250 g/mol. The van der Waals surface area contributed by atoms with Crippen LogP contribution in [-0.2, 0) is 6.54 Å². The quantitative estimate of drug-likeness (QED) is 0.675. The van der Waals surface area contributed by atoms with Gasteiger partial charge < -0.3 is 14.8 Å². The molecule has 3 heteroatoms. The molecule has 0 atom stereocenters. The maximum Gasteiger partial charge on any atom is 0.231 e. The van der Waals surface area contributed by atoms with Gasteiger partial charge in [0.25, 0.3) is 0 Å². The number of ether oxygens (including phenoxy) is 2. The van der Waals surface area contributed by atoms with Crippen molar-refractivity contribution in [3.63, 3.8) is 0 Å². The molecule has 100 valence electrons. The van der Waals surface area contributed by atoms with Crippen LogP contribution in [0.4, 0.5) is 0 Å². The maximum absolute atomic E-state index is 5.36. The Balaban J connectivity index is 1.50. The number of nitrogens with two attached hydrogens (primary N) is 1. The van der Waals surface area contributed by atoms with Crippen LogP contribution in [0.5, 0.6) is 11.5 Å². The van der Waals surface area contributed by atoms with Crippen LogP contribution in [-0.4, -0.2) is 13.3 Å². The lowest BCUT2D eigenvalue weighted by Gasteiger charge is -2.00. The lowest BCUT2D eigenvalue weighted by atomic mass is 10.2. The topological polar surface area (TPSA) is 35.1 Å². The summed E-state index contributed by atoms with van der Waals surface area (Å²) < 4.78 is 10.7. The Morgan fingerprint density at radius 2 is 1.85 bits per heavy atom. The second-order valence-corrected chi connectivity index (χ2v) is 4.55. The van der Waals surface area contributed by atoms with Gasteiger partial charge in [-0.15, -0.1) is 0 Å². The molecule has 3 rings (SSSR count). The zero-order valence-corrected chi connectivity index (χ0v) is 11.1. The molecule has 2 N–H and O–H groups in total. The minimum absolute atomic E-state index is 0.324. The highest BCUT2D eigenvalue weighted by Crippen LogP contribution is 2.32. The van der Waals surface area contributed by atoms with Crippen LogP contribution in [0.3, 0.4) is 0 Å². The largest absolute Gasteiger partial charge is 0.454 e. The van der Waals surface area contributed by atoms with Crippen molar-refractivity contribution in [1.29, 1.82) is 0 Å². The van der Waals surface area contributed by atoms with E-state index in [4.69, 9.17) is 9.47 Å². The van der Waals surface area contributed by atoms with Crippen LogP contribution in [0.1, 0.15) is 11.1 Å². The van der Waals surface area contributed by atoms with E-state index in [2.05, 4.69) is 23.2 Å². The maximum atomic E-state index is 5.36. The van der Waals surface area contributed by atoms with E-state index in [0.29, 0.717) is 6.79 Å². The van der Waals surface area contributed by atoms with Gasteiger partial charge in [-0.3, -0.25) is 0 Å². The standard InChI is InChI=1S/C17H15NO2/c1-2-5-14(6-3-1)7-4-10-18-12-15-8-9-16-17(11-15)20-13-19-16/h1-3,5-6,8-9,11,18H,10,12-13H2/p+1. The van der Waals surface area contributed by atoms with E-state index < -0.39 is 0 Å². The fourth-order valence-electron chi connectivity index (χ4n) is 2.05.